The zero-order valence-electron chi connectivity index (χ0n) is 9.24. The van der Waals surface area contributed by atoms with Gasteiger partial charge in [-0.05, 0) is 18.6 Å². The molecule has 0 aliphatic carbocycles. The van der Waals surface area contributed by atoms with Crippen molar-refractivity contribution in [2.45, 2.75) is 6.92 Å². The number of hydrazine groups is 1. The molecular weight excluding hydrogens is 238 g/mol. The number of nitrogens with one attached hydrogen (secondary N) is 2. The van der Waals surface area contributed by atoms with Crippen LogP contribution in [0.5, 0.6) is 0 Å². The third kappa shape index (κ3) is 2.64. The molecule has 0 saturated carbocycles. The quantitative estimate of drug-likeness (QED) is 0.576. The van der Waals surface area contributed by atoms with Crippen LogP contribution in [0.15, 0.2) is 30.5 Å². The van der Waals surface area contributed by atoms with Crippen LogP contribution in [0.2, 0.25) is 5.02 Å². The number of nitrogen functional groups attached to an aromatic ring is 1. The van der Waals surface area contributed by atoms with E-state index in [9.17, 15) is 0 Å². The maximum Gasteiger partial charge on any atom is 0.239 e. The Kier molecular flexibility index (Phi) is 3.41. The predicted molar refractivity (Wildman–Crippen MR) is 69.3 cm³/mol. The summed E-state index contributed by atoms with van der Waals surface area (Å²) in [6, 6.07) is 7.85. The van der Waals surface area contributed by atoms with Gasteiger partial charge in [0.15, 0.2) is 5.82 Å². The summed E-state index contributed by atoms with van der Waals surface area (Å²) in [7, 11) is 0. The average molecular weight is 250 g/mol. The van der Waals surface area contributed by atoms with E-state index in [-0.39, 0.29) is 0 Å². The van der Waals surface area contributed by atoms with Crippen molar-refractivity contribution in [1.82, 2.24) is 9.97 Å². The molecule has 4 N–H and O–H groups in total. The van der Waals surface area contributed by atoms with Crippen molar-refractivity contribution < 1.29 is 0 Å². The second-order valence-corrected chi connectivity index (χ2v) is 3.88. The summed E-state index contributed by atoms with van der Waals surface area (Å²) in [5, 5.41) is 3.57. The lowest BCUT2D eigenvalue weighted by molar-refractivity contribution is 1.12. The van der Waals surface area contributed by atoms with E-state index < -0.39 is 0 Å². The van der Waals surface area contributed by atoms with Crippen molar-refractivity contribution in [3.8, 4) is 0 Å². The average Bonchev–Trinajstić information content (AvgIpc) is 2.35. The van der Waals surface area contributed by atoms with E-state index in [1.54, 1.807) is 0 Å². The van der Waals surface area contributed by atoms with Gasteiger partial charge in [-0.15, -0.1) is 0 Å². The van der Waals surface area contributed by atoms with Crippen molar-refractivity contribution in [1.29, 1.82) is 0 Å². The van der Waals surface area contributed by atoms with Crippen LogP contribution in [-0.2, 0) is 0 Å². The van der Waals surface area contributed by atoms with Gasteiger partial charge in [-0.25, -0.2) is 10.8 Å². The first-order chi connectivity index (χ1) is 8.20. The molecule has 6 heteroatoms. The molecule has 88 valence electrons. The van der Waals surface area contributed by atoms with Gasteiger partial charge in [0.2, 0.25) is 5.95 Å². The van der Waals surface area contributed by atoms with Crippen molar-refractivity contribution in [2.75, 3.05) is 10.7 Å². The predicted octanol–water partition coefficient (Wildman–Crippen LogP) is 2.47. The number of nitrogens with two attached hydrogens (primary N) is 1. The minimum absolute atomic E-state index is 0.311. The number of aryl methyl sites for hydroxylation is 1. The normalized spacial score (nSPS) is 10.1. The molecule has 0 saturated heterocycles. The summed E-state index contributed by atoms with van der Waals surface area (Å²) in [5.74, 6) is 6.07. The van der Waals surface area contributed by atoms with Gasteiger partial charge in [0.05, 0.1) is 6.20 Å². The number of benzene rings is 1. The lowest BCUT2D eigenvalue weighted by atomic mass is 10.2. The molecule has 1 aromatic carbocycles. The molecule has 0 atom stereocenters. The third-order valence-electron chi connectivity index (χ3n) is 2.27. The highest BCUT2D eigenvalue weighted by Gasteiger charge is 2.06. The van der Waals surface area contributed by atoms with E-state index in [1.165, 1.54) is 6.20 Å². The zero-order chi connectivity index (χ0) is 12.3. The van der Waals surface area contributed by atoms with E-state index in [4.69, 9.17) is 17.4 Å². The van der Waals surface area contributed by atoms with Crippen LogP contribution in [-0.4, -0.2) is 9.97 Å². The Morgan fingerprint density at radius 3 is 2.76 bits per heavy atom. The van der Waals surface area contributed by atoms with E-state index >= 15 is 0 Å². The molecule has 0 radical (unpaired) electrons. The first-order valence-corrected chi connectivity index (χ1v) is 5.40. The van der Waals surface area contributed by atoms with Gasteiger partial charge in [0, 0.05) is 5.69 Å². The zero-order valence-corrected chi connectivity index (χ0v) is 9.99. The van der Waals surface area contributed by atoms with Gasteiger partial charge in [-0.1, -0.05) is 29.8 Å². The minimum Gasteiger partial charge on any atom is -0.339 e. The molecule has 0 bridgehead atoms. The fraction of sp³-hybridized carbons (Fsp3) is 0.0909. The van der Waals surface area contributed by atoms with Crippen LogP contribution < -0.4 is 16.6 Å². The number of nitrogens with zero attached hydrogens (tertiary/aromatic N) is 2. The summed E-state index contributed by atoms with van der Waals surface area (Å²) < 4.78 is 0. The maximum atomic E-state index is 6.00. The molecule has 1 aromatic heterocycles. The Labute approximate surface area is 104 Å². The van der Waals surface area contributed by atoms with Crippen LogP contribution in [0.3, 0.4) is 0 Å². The molecular formula is C11H12ClN5. The molecule has 0 aliphatic heterocycles. The molecule has 1 heterocycles. The smallest absolute Gasteiger partial charge is 0.239 e. The van der Waals surface area contributed by atoms with Crippen molar-refractivity contribution in [2.24, 2.45) is 5.84 Å². The number of hydrogen-bond donors (Lipinski definition) is 3. The molecule has 5 nitrogen and oxygen atoms in total. The van der Waals surface area contributed by atoms with Crippen molar-refractivity contribution in [3.05, 3.63) is 41.0 Å². The number of hydrogen-bond acceptors (Lipinski definition) is 5. The molecule has 17 heavy (non-hydrogen) atoms. The van der Waals surface area contributed by atoms with Crippen molar-refractivity contribution >= 4 is 29.1 Å². The van der Waals surface area contributed by atoms with Gasteiger partial charge < -0.3 is 5.32 Å². The third-order valence-corrected chi connectivity index (χ3v) is 2.55. The molecule has 0 fully saturated rings. The van der Waals surface area contributed by atoms with Crippen LogP contribution in [0, 0.1) is 6.92 Å². The van der Waals surface area contributed by atoms with E-state index in [0.29, 0.717) is 16.8 Å². The first-order valence-electron chi connectivity index (χ1n) is 5.02. The fourth-order valence-electron chi connectivity index (χ4n) is 1.37. The van der Waals surface area contributed by atoms with Gasteiger partial charge in [0.25, 0.3) is 0 Å². The van der Waals surface area contributed by atoms with E-state index in [0.717, 1.165) is 11.3 Å². The first kappa shape index (κ1) is 11.6. The second-order valence-electron chi connectivity index (χ2n) is 3.47. The Morgan fingerprint density at radius 2 is 2.06 bits per heavy atom. The number of para-hydroxylation sites is 1. The van der Waals surface area contributed by atoms with Gasteiger partial charge in [-0.3, -0.25) is 5.43 Å². The molecule has 0 aliphatic rings. The van der Waals surface area contributed by atoms with Crippen molar-refractivity contribution in [3.63, 3.8) is 0 Å². The maximum absolute atomic E-state index is 6.00. The van der Waals surface area contributed by atoms with Crippen LogP contribution in [0.25, 0.3) is 0 Å². The van der Waals surface area contributed by atoms with Crippen LogP contribution in [0.1, 0.15) is 5.56 Å². The highest BCUT2D eigenvalue weighted by molar-refractivity contribution is 6.32. The Hall–Kier alpha value is -1.85. The molecule has 2 rings (SSSR count). The molecule has 0 unspecified atom stereocenters. The van der Waals surface area contributed by atoms with Gasteiger partial charge >= 0.3 is 0 Å². The summed E-state index contributed by atoms with van der Waals surface area (Å²) in [4.78, 5) is 8.04. The fourth-order valence-corrected chi connectivity index (χ4v) is 1.50. The Bertz CT molecular complexity index is 529. The second kappa shape index (κ2) is 4.99. The number of halogens is 1. The summed E-state index contributed by atoms with van der Waals surface area (Å²) in [6.07, 6.45) is 1.49. The summed E-state index contributed by atoms with van der Waals surface area (Å²) >= 11 is 6.00. The highest BCUT2D eigenvalue weighted by atomic mass is 35.5. The largest absolute Gasteiger partial charge is 0.339 e. The van der Waals surface area contributed by atoms with Crippen LogP contribution >= 0.6 is 11.6 Å². The van der Waals surface area contributed by atoms with E-state index in [2.05, 4.69) is 20.7 Å². The highest BCUT2D eigenvalue weighted by Crippen LogP contribution is 2.25. The summed E-state index contributed by atoms with van der Waals surface area (Å²) in [6.45, 7) is 2.00. The standard InChI is InChI=1S/C11H12ClN5/c1-7-4-2-3-5-9(7)15-10-8(12)6-14-11(16-10)17-13/h2-6H,13H2,1H3,(H2,14,15,16,17). The van der Waals surface area contributed by atoms with Gasteiger partial charge in [-0.2, -0.15) is 4.98 Å². The number of aromatic nitrogens is 2. The van der Waals surface area contributed by atoms with Gasteiger partial charge in [0.1, 0.15) is 5.02 Å². The lowest BCUT2D eigenvalue weighted by Gasteiger charge is -2.10. The molecule has 0 amide bonds. The lowest BCUT2D eigenvalue weighted by Crippen LogP contribution is -2.11. The monoisotopic (exact) mass is 249 g/mol. The number of rotatable bonds is 3. The SMILES string of the molecule is Cc1ccccc1Nc1nc(NN)ncc1Cl. The Balaban J connectivity index is 2.32. The van der Waals surface area contributed by atoms with Crippen LogP contribution in [0.4, 0.5) is 17.5 Å². The molecule has 2 aromatic rings. The minimum atomic E-state index is 0.311. The number of anilines is 3. The van der Waals surface area contributed by atoms with E-state index in [1.807, 2.05) is 31.2 Å². The topological polar surface area (TPSA) is 75.9 Å². The Morgan fingerprint density at radius 1 is 1.29 bits per heavy atom. The molecule has 0 spiro atoms. The summed E-state index contributed by atoms with van der Waals surface area (Å²) in [5.41, 5.74) is 4.42.